The minimum absolute atomic E-state index is 0.843. The fourth-order valence-electron chi connectivity index (χ4n) is 8.76. The van der Waals surface area contributed by atoms with E-state index in [2.05, 4.69) is 241 Å². The Bertz CT molecular complexity index is 3040. The Kier molecular flexibility index (Phi) is 8.87. The highest BCUT2D eigenvalue weighted by Crippen LogP contribution is 2.53. The van der Waals surface area contributed by atoms with Crippen LogP contribution in [0.25, 0.3) is 77.5 Å². The quantitative estimate of drug-likeness (QED) is 0.160. The van der Waals surface area contributed by atoms with E-state index < -0.39 is 0 Å². The molecule has 0 radical (unpaired) electrons. The molecular formula is C58H39NO. The van der Waals surface area contributed by atoms with Gasteiger partial charge in [-0.15, -0.1) is 0 Å². The molecule has 0 fully saturated rings. The molecule has 0 saturated carbocycles. The number of nitrogens with zero attached hydrogens (tertiary/aromatic N) is 1. The van der Waals surface area contributed by atoms with Crippen molar-refractivity contribution in [1.29, 1.82) is 0 Å². The van der Waals surface area contributed by atoms with Crippen LogP contribution < -0.4 is 9.64 Å². The largest absolute Gasteiger partial charge is 0.456 e. The summed E-state index contributed by atoms with van der Waals surface area (Å²) in [6, 6.07) is 84.7. The molecule has 0 aliphatic carbocycles. The number of anilines is 3. The van der Waals surface area contributed by atoms with E-state index in [1.807, 2.05) is 0 Å². The summed E-state index contributed by atoms with van der Waals surface area (Å²) >= 11 is 0. The highest BCUT2D eigenvalue weighted by atomic mass is 16.5. The van der Waals surface area contributed by atoms with Gasteiger partial charge in [-0.1, -0.05) is 176 Å². The van der Waals surface area contributed by atoms with Gasteiger partial charge in [0.05, 0.1) is 0 Å². The van der Waals surface area contributed by atoms with Crippen molar-refractivity contribution in [2.45, 2.75) is 0 Å². The van der Waals surface area contributed by atoms with E-state index in [-0.39, 0.29) is 0 Å². The third kappa shape index (κ3) is 6.41. The summed E-state index contributed by atoms with van der Waals surface area (Å²) in [5.41, 5.74) is 17.1. The lowest BCUT2D eigenvalue weighted by atomic mass is 9.85. The first kappa shape index (κ1) is 35.2. The van der Waals surface area contributed by atoms with Crippen LogP contribution in [-0.2, 0) is 0 Å². The van der Waals surface area contributed by atoms with Gasteiger partial charge in [0, 0.05) is 28.2 Å². The molecule has 0 aromatic heterocycles. The summed E-state index contributed by atoms with van der Waals surface area (Å²) in [5.74, 6) is 1.70. The molecule has 1 aliphatic rings. The molecule has 282 valence electrons. The fourth-order valence-corrected chi connectivity index (χ4v) is 8.76. The van der Waals surface area contributed by atoms with Crippen LogP contribution in [0.5, 0.6) is 11.5 Å². The molecule has 0 spiro atoms. The smallest absolute Gasteiger partial charge is 0.135 e. The van der Waals surface area contributed by atoms with Crippen LogP contribution >= 0.6 is 0 Å². The molecule has 60 heavy (non-hydrogen) atoms. The standard InChI is InChI=1S/C58H39NO/c1-4-14-40(15-5-1)42-26-32-48(33-27-42)59(49-34-28-43(29-35-49)41-16-6-2-7-17-41)50-36-30-45(31-37-50)52-23-13-25-56-58(52)54-39-47-21-11-10-20-46(47)38-53(54)57-51(22-12-24-55(57)60-56)44-18-8-3-9-19-44/h1-39H. The summed E-state index contributed by atoms with van der Waals surface area (Å²) in [5, 5.41) is 2.39. The van der Waals surface area contributed by atoms with Crippen LogP contribution in [0.1, 0.15) is 0 Å². The second kappa shape index (κ2) is 15.1. The Labute approximate surface area is 350 Å². The van der Waals surface area contributed by atoms with E-state index in [0.717, 1.165) is 73.1 Å². The van der Waals surface area contributed by atoms with Gasteiger partial charge in [-0.2, -0.15) is 0 Å². The molecule has 0 N–H and O–H groups in total. The molecule has 10 aromatic rings. The maximum Gasteiger partial charge on any atom is 0.135 e. The molecule has 1 heterocycles. The number of fused-ring (bicyclic) bond motifs is 6. The Morgan fingerprint density at radius 1 is 0.250 bits per heavy atom. The zero-order valence-corrected chi connectivity index (χ0v) is 32.9. The van der Waals surface area contributed by atoms with Gasteiger partial charge in [-0.05, 0) is 127 Å². The van der Waals surface area contributed by atoms with Gasteiger partial charge in [0.2, 0.25) is 0 Å². The average molecular weight is 766 g/mol. The Morgan fingerprint density at radius 3 is 1.00 bits per heavy atom. The normalized spacial score (nSPS) is 11.5. The first-order valence-electron chi connectivity index (χ1n) is 20.5. The van der Waals surface area contributed by atoms with Gasteiger partial charge in [0.15, 0.2) is 0 Å². The molecule has 1 aliphatic heterocycles. The molecular weight excluding hydrogens is 727 g/mol. The summed E-state index contributed by atoms with van der Waals surface area (Å²) in [6.07, 6.45) is 0. The predicted molar refractivity (Wildman–Crippen MR) is 251 cm³/mol. The maximum absolute atomic E-state index is 6.99. The van der Waals surface area contributed by atoms with E-state index in [1.54, 1.807) is 0 Å². The first-order valence-corrected chi connectivity index (χ1v) is 20.5. The van der Waals surface area contributed by atoms with E-state index in [4.69, 9.17) is 4.74 Å². The van der Waals surface area contributed by atoms with Gasteiger partial charge in [-0.25, -0.2) is 0 Å². The Hall–Kier alpha value is -7.94. The van der Waals surface area contributed by atoms with Crippen molar-refractivity contribution in [2.24, 2.45) is 0 Å². The van der Waals surface area contributed by atoms with Crippen molar-refractivity contribution < 1.29 is 4.74 Å². The van der Waals surface area contributed by atoms with Crippen molar-refractivity contribution in [3.8, 4) is 78.3 Å². The van der Waals surface area contributed by atoms with Crippen molar-refractivity contribution >= 4 is 27.8 Å². The van der Waals surface area contributed by atoms with Crippen molar-refractivity contribution in [3.05, 3.63) is 237 Å². The zero-order chi connectivity index (χ0) is 39.8. The molecule has 11 rings (SSSR count). The second-order valence-electron chi connectivity index (χ2n) is 15.3. The number of hydrogen-bond donors (Lipinski definition) is 0. The highest BCUT2D eigenvalue weighted by Gasteiger charge is 2.27. The lowest BCUT2D eigenvalue weighted by molar-refractivity contribution is 0.488. The van der Waals surface area contributed by atoms with Gasteiger partial charge in [-0.3, -0.25) is 0 Å². The monoisotopic (exact) mass is 765 g/mol. The summed E-state index contributed by atoms with van der Waals surface area (Å²) < 4.78 is 6.99. The second-order valence-corrected chi connectivity index (χ2v) is 15.3. The molecule has 0 bridgehead atoms. The van der Waals surface area contributed by atoms with Gasteiger partial charge < -0.3 is 9.64 Å². The Morgan fingerprint density at radius 2 is 0.583 bits per heavy atom. The van der Waals surface area contributed by atoms with Crippen LogP contribution in [-0.4, -0.2) is 0 Å². The van der Waals surface area contributed by atoms with Crippen LogP contribution in [0, 0.1) is 0 Å². The van der Waals surface area contributed by atoms with Crippen molar-refractivity contribution in [2.75, 3.05) is 4.90 Å². The predicted octanol–water partition coefficient (Wildman–Crippen LogP) is 16.4. The molecule has 2 heteroatoms. The summed E-state index contributed by atoms with van der Waals surface area (Å²) in [4.78, 5) is 2.34. The first-order chi connectivity index (χ1) is 29.7. The minimum atomic E-state index is 0.843. The molecule has 0 unspecified atom stereocenters. The summed E-state index contributed by atoms with van der Waals surface area (Å²) in [7, 11) is 0. The molecule has 2 nitrogen and oxygen atoms in total. The van der Waals surface area contributed by atoms with Gasteiger partial charge in [0.1, 0.15) is 11.5 Å². The van der Waals surface area contributed by atoms with Gasteiger partial charge >= 0.3 is 0 Å². The Balaban J connectivity index is 1.04. The van der Waals surface area contributed by atoms with Crippen LogP contribution in [0.2, 0.25) is 0 Å². The molecule has 0 saturated heterocycles. The number of rotatable bonds is 7. The van der Waals surface area contributed by atoms with E-state index in [0.29, 0.717) is 0 Å². The SMILES string of the molecule is c1ccc(-c2ccc(N(c3ccc(-c4ccccc4)cc3)c3ccc(-c4cccc5c4-c4cc6ccccc6cc4-c4c(cccc4-c4ccccc4)O5)cc3)cc2)cc1. The summed E-state index contributed by atoms with van der Waals surface area (Å²) in [6.45, 7) is 0. The van der Waals surface area contributed by atoms with Crippen LogP contribution in [0.15, 0.2) is 237 Å². The van der Waals surface area contributed by atoms with E-state index >= 15 is 0 Å². The van der Waals surface area contributed by atoms with Crippen molar-refractivity contribution in [3.63, 3.8) is 0 Å². The fraction of sp³-hybridized carbons (Fsp3) is 0. The third-order valence-corrected chi connectivity index (χ3v) is 11.7. The molecule has 0 atom stereocenters. The molecule has 0 amide bonds. The third-order valence-electron chi connectivity index (χ3n) is 11.7. The number of benzene rings is 10. The van der Waals surface area contributed by atoms with Gasteiger partial charge in [0.25, 0.3) is 0 Å². The highest BCUT2D eigenvalue weighted by molar-refractivity contribution is 6.06. The topological polar surface area (TPSA) is 12.5 Å². The average Bonchev–Trinajstić information content (AvgIpc) is 3.46. The van der Waals surface area contributed by atoms with Crippen molar-refractivity contribution in [1.82, 2.24) is 0 Å². The molecule has 10 aromatic carbocycles. The zero-order valence-electron chi connectivity index (χ0n) is 32.9. The van der Waals surface area contributed by atoms with Crippen LogP contribution in [0.4, 0.5) is 17.1 Å². The lowest BCUT2D eigenvalue weighted by Crippen LogP contribution is -2.09. The minimum Gasteiger partial charge on any atom is -0.456 e. The van der Waals surface area contributed by atoms with E-state index in [1.165, 1.54) is 33.0 Å². The van der Waals surface area contributed by atoms with Crippen LogP contribution in [0.3, 0.4) is 0 Å². The lowest BCUT2D eigenvalue weighted by Gasteiger charge is -2.26. The number of ether oxygens (including phenoxy) is 1. The van der Waals surface area contributed by atoms with E-state index in [9.17, 15) is 0 Å². The maximum atomic E-state index is 6.99. The number of hydrogen-bond acceptors (Lipinski definition) is 2.